The van der Waals surface area contributed by atoms with Crippen molar-refractivity contribution in [1.82, 2.24) is 5.32 Å². The molecule has 2 heteroatoms. The zero-order valence-corrected chi connectivity index (χ0v) is 10.2. The van der Waals surface area contributed by atoms with Gasteiger partial charge in [-0.15, -0.1) is 0 Å². The molecule has 88 valence electrons. The van der Waals surface area contributed by atoms with Crippen LogP contribution in [-0.2, 0) is 4.74 Å². The Balaban J connectivity index is 1.95. The van der Waals surface area contributed by atoms with E-state index in [9.17, 15) is 0 Å². The molecule has 0 radical (unpaired) electrons. The molecule has 3 atom stereocenters. The van der Waals surface area contributed by atoms with Gasteiger partial charge in [0.1, 0.15) is 0 Å². The van der Waals surface area contributed by atoms with Crippen molar-refractivity contribution in [1.29, 1.82) is 0 Å². The molecule has 1 aliphatic carbocycles. The summed E-state index contributed by atoms with van der Waals surface area (Å²) in [5.74, 6) is 2.69. The fourth-order valence-electron chi connectivity index (χ4n) is 3.58. The zero-order chi connectivity index (χ0) is 10.7. The number of hydrogen-bond donors (Lipinski definition) is 1. The Labute approximate surface area is 93.8 Å². The van der Waals surface area contributed by atoms with Crippen molar-refractivity contribution in [3.05, 3.63) is 0 Å². The largest absolute Gasteiger partial charge is 0.381 e. The molecule has 0 amide bonds. The third-order valence-corrected chi connectivity index (χ3v) is 4.50. The van der Waals surface area contributed by atoms with Crippen LogP contribution >= 0.6 is 0 Å². The van der Waals surface area contributed by atoms with Crippen molar-refractivity contribution < 1.29 is 4.74 Å². The second-order valence-electron chi connectivity index (χ2n) is 5.34. The summed E-state index contributed by atoms with van der Waals surface area (Å²) >= 11 is 0. The van der Waals surface area contributed by atoms with E-state index in [0.29, 0.717) is 0 Å². The minimum absolute atomic E-state index is 0.742. The lowest BCUT2D eigenvalue weighted by molar-refractivity contribution is 0.0427. The summed E-state index contributed by atoms with van der Waals surface area (Å²) in [5.41, 5.74) is 0. The van der Waals surface area contributed by atoms with Crippen LogP contribution in [0.4, 0.5) is 0 Å². The van der Waals surface area contributed by atoms with Crippen molar-refractivity contribution in [3.63, 3.8) is 0 Å². The summed E-state index contributed by atoms with van der Waals surface area (Å²) in [6.07, 6.45) is 6.83. The topological polar surface area (TPSA) is 21.3 Å². The predicted molar refractivity (Wildman–Crippen MR) is 62.9 cm³/mol. The van der Waals surface area contributed by atoms with E-state index in [1.165, 1.54) is 32.1 Å². The molecule has 2 aliphatic rings. The van der Waals surface area contributed by atoms with Gasteiger partial charge in [-0.05, 0) is 44.1 Å². The molecule has 1 saturated heterocycles. The van der Waals surface area contributed by atoms with Gasteiger partial charge in [0, 0.05) is 19.3 Å². The first-order valence-corrected chi connectivity index (χ1v) is 6.58. The van der Waals surface area contributed by atoms with Gasteiger partial charge in [0.2, 0.25) is 0 Å². The average molecular weight is 211 g/mol. The summed E-state index contributed by atoms with van der Waals surface area (Å²) in [4.78, 5) is 0. The first kappa shape index (κ1) is 11.4. The Bertz CT molecular complexity index is 189. The molecule has 0 aromatic heterocycles. The van der Waals surface area contributed by atoms with Crippen LogP contribution in [0.15, 0.2) is 0 Å². The highest BCUT2D eigenvalue weighted by Gasteiger charge is 2.35. The summed E-state index contributed by atoms with van der Waals surface area (Å²) in [5, 5.41) is 3.59. The molecule has 0 bridgehead atoms. The Kier molecular flexibility index (Phi) is 4.04. The van der Waals surface area contributed by atoms with Gasteiger partial charge in [-0.25, -0.2) is 0 Å². The fourth-order valence-corrected chi connectivity index (χ4v) is 3.58. The second-order valence-corrected chi connectivity index (χ2v) is 5.34. The van der Waals surface area contributed by atoms with Crippen molar-refractivity contribution >= 4 is 0 Å². The molecule has 2 fully saturated rings. The molecular formula is C13H25NO. The van der Waals surface area contributed by atoms with Crippen LogP contribution in [0.3, 0.4) is 0 Å². The molecule has 2 rings (SSSR count). The van der Waals surface area contributed by atoms with E-state index in [4.69, 9.17) is 4.74 Å². The summed E-state index contributed by atoms with van der Waals surface area (Å²) < 4.78 is 5.46. The summed E-state index contributed by atoms with van der Waals surface area (Å²) in [7, 11) is 2.14. The maximum Gasteiger partial charge on any atom is 0.0469 e. The van der Waals surface area contributed by atoms with Gasteiger partial charge in [-0.2, -0.15) is 0 Å². The molecule has 3 unspecified atom stereocenters. The number of hydrogen-bond acceptors (Lipinski definition) is 2. The smallest absolute Gasteiger partial charge is 0.0469 e. The predicted octanol–water partition coefficient (Wildman–Crippen LogP) is 2.44. The van der Waals surface area contributed by atoms with Crippen LogP contribution < -0.4 is 5.32 Å². The minimum atomic E-state index is 0.742. The first-order chi connectivity index (χ1) is 7.33. The lowest BCUT2D eigenvalue weighted by Gasteiger charge is -2.36. The molecule has 1 aliphatic heterocycles. The van der Waals surface area contributed by atoms with E-state index in [0.717, 1.165) is 37.0 Å². The van der Waals surface area contributed by atoms with E-state index in [2.05, 4.69) is 19.3 Å². The van der Waals surface area contributed by atoms with Crippen molar-refractivity contribution in [2.75, 3.05) is 20.3 Å². The number of rotatable bonds is 3. The van der Waals surface area contributed by atoms with Gasteiger partial charge in [0.15, 0.2) is 0 Å². The van der Waals surface area contributed by atoms with E-state index < -0.39 is 0 Å². The van der Waals surface area contributed by atoms with Gasteiger partial charge in [-0.3, -0.25) is 0 Å². The van der Waals surface area contributed by atoms with Crippen LogP contribution in [0.5, 0.6) is 0 Å². The number of ether oxygens (including phenoxy) is 1. The Morgan fingerprint density at radius 1 is 1.13 bits per heavy atom. The van der Waals surface area contributed by atoms with Gasteiger partial charge in [0.05, 0.1) is 0 Å². The standard InChI is InChI=1S/C13H25NO/c1-10-4-3-5-12(10)13(14-2)11-6-8-15-9-7-11/h10-14H,3-9H2,1-2H3. The van der Waals surface area contributed by atoms with Gasteiger partial charge in [0.25, 0.3) is 0 Å². The molecule has 1 saturated carbocycles. The van der Waals surface area contributed by atoms with Crippen LogP contribution in [0.1, 0.15) is 39.0 Å². The SMILES string of the molecule is CNC(C1CCOCC1)C1CCCC1C. The maximum absolute atomic E-state index is 5.46. The van der Waals surface area contributed by atoms with Crippen molar-refractivity contribution in [2.45, 2.75) is 45.1 Å². The first-order valence-electron chi connectivity index (χ1n) is 6.58. The molecule has 0 aromatic carbocycles. The van der Waals surface area contributed by atoms with Crippen LogP contribution in [0.25, 0.3) is 0 Å². The number of nitrogens with one attached hydrogen (secondary N) is 1. The van der Waals surface area contributed by atoms with Crippen molar-refractivity contribution in [2.24, 2.45) is 17.8 Å². The molecule has 1 N–H and O–H groups in total. The third-order valence-electron chi connectivity index (χ3n) is 4.50. The highest BCUT2D eigenvalue weighted by Crippen LogP contribution is 2.37. The highest BCUT2D eigenvalue weighted by atomic mass is 16.5. The lowest BCUT2D eigenvalue weighted by atomic mass is 9.79. The lowest BCUT2D eigenvalue weighted by Crippen LogP contribution is -2.43. The Hall–Kier alpha value is -0.0800. The quantitative estimate of drug-likeness (QED) is 0.774. The van der Waals surface area contributed by atoms with E-state index in [1.807, 2.05) is 0 Å². The maximum atomic E-state index is 5.46. The Morgan fingerprint density at radius 3 is 2.40 bits per heavy atom. The minimum Gasteiger partial charge on any atom is -0.381 e. The third kappa shape index (κ3) is 2.54. The molecule has 15 heavy (non-hydrogen) atoms. The highest BCUT2D eigenvalue weighted by molar-refractivity contribution is 4.89. The molecule has 1 heterocycles. The van der Waals surface area contributed by atoms with Gasteiger partial charge < -0.3 is 10.1 Å². The van der Waals surface area contributed by atoms with Crippen LogP contribution in [-0.4, -0.2) is 26.3 Å². The molecule has 0 aromatic rings. The van der Waals surface area contributed by atoms with E-state index in [-0.39, 0.29) is 0 Å². The van der Waals surface area contributed by atoms with Crippen LogP contribution in [0, 0.1) is 17.8 Å². The molecule has 0 spiro atoms. The van der Waals surface area contributed by atoms with Gasteiger partial charge in [-0.1, -0.05) is 19.8 Å². The molecular weight excluding hydrogens is 186 g/mol. The zero-order valence-electron chi connectivity index (χ0n) is 10.2. The average Bonchev–Trinajstić information content (AvgIpc) is 2.68. The van der Waals surface area contributed by atoms with E-state index in [1.54, 1.807) is 0 Å². The summed E-state index contributed by atoms with van der Waals surface area (Å²) in [6, 6.07) is 0.742. The van der Waals surface area contributed by atoms with E-state index >= 15 is 0 Å². The van der Waals surface area contributed by atoms with Crippen molar-refractivity contribution in [3.8, 4) is 0 Å². The summed E-state index contributed by atoms with van der Waals surface area (Å²) in [6.45, 7) is 4.38. The molecule has 2 nitrogen and oxygen atoms in total. The fraction of sp³-hybridized carbons (Fsp3) is 1.00. The monoisotopic (exact) mass is 211 g/mol. The second kappa shape index (κ2) is 5.31. The Morgan fingerprint density at radius 2 is 1.87 bits per heavy atom. The van der Waals surface area contributed by atoms with Gasteiger partial charge >= 0.3 is 0 Å². The normalized spacial score (nSPS) is 35.6. The van der Waals surface area contributed by atoms with Crippen LogP contribution in [0.2, 0.25) is 0 Å².